The summed E-state index contributed by atoms with van der Waals surface area (Å²) >= 11 is 1.61. The first-order valence-corrected chi connectivity index (χ1v) is 10.8. The van der Waals surface area contributed by atoms with Gasteiger partial charge >= 0.3 is 0 Å². The summed E-state index contributed by atoms with van der Waals surface area (Å²) in [4.78, 5) is 4.30. The van der Waals surface area contributed by atoms with Crippen molar-refractivity contribution in [1.29, 1.82) is 0 Å². The summed E-state index contributed by atoms with van der Waals surface area (Å²) in [5.41, 5.74) is 4.09. The van der Waals surface area contributed by atoms with Crippen molar-refractivity contribution >= 4 is 11.3 Å². The Hall–Kier alpha value is -3.07. The normalized spacial score (nSPS) is 12.3. The van der Waals surface area contributed by atoms with Gasteiger partial charge in [-0.15, -0.1) is 10.2 Å². The van der Waals surface area contributed by atoms with E-state index in [1.54, 1.807) is 17.5 Å². The van der Waals surface area contributed by atoms with Crippen LogP contribution >= 0.6 is 11.3 Å². The highest BCUT2D eigenvalue weighted by Gasteiger charge is 2.17. The molecule has 0 aliphatic rings. The van der Waals surface area contributed by atoms with Gasteiger partial charge in [-0.3, -0.25) is 9.36 Å². The van der Waals surface area contributed by atoms with Crippen molar-refractivity contribution in [2.24, 2.45) is 0 Å². The number of pyridine rings is 1. The van der Waals surface area contributed by atoms with Crippen molar-refractivity contribution in [3.8, 4) is 5.88 Å². The standard InChI is InChI=1S/C21H25N7OS/c1-5-29-20-17(7-6-9-22-20)13-27-10-8-18(26-27)12-19-23-24-21(30-19)16(4)28-15(3)11-14(2)25-28/h6-11,16H,5,12-13H2,1-4H3. The molecule has 0 fully saturated rings. The molecule has 0 aliphatic carbocycles. The number of hydrogen-bond acceptors (Lipinski definition) is 7. The van der Waals surface area contributed by atoms with Crippen molar-refractivity contribution in [3.05, 3.63) is 69.3 Å². The van der Waals surface area contributed by atoms with Gasteiger partial charge in [0.15, 0.2) is 0 Å². The lowest BCUT2D eigenvalue weighted by Crippen LogP contribution is -2.10. The quantitative estimate of drug-likeness (QED) is 0.431. The second-order valence-corrected chi connectivity index (χ2v) is 8.26. The third-order valence-electron chi connectivity index (χ3n) is 4.74. The van der Waals surface area contributed by atoms with E-state index in [0.29, 0.717) is 25.5 Å². The van der Waals surface area contributed by atoms with Crippen LogP contribution in [0.1, 0.15) is 52.5 Å². The Morgan fingerprint density at radius 1 is 1.17 bits per heavy atom. The maximum atomic E-state index is 5.61. The molecule has 1 unspecified atom stereocenters. The molecule has 8 nitrogen and oxygen atoms in total. The lowest BCUT2D eigenvalue weighted by atomic mass is 10.3. The molecule has 0 N–H and O–H groups in total. The Morgan fingerprint density at radius 2 is 2.03 bits per heavy atom. The van der Waals surface area contributed by atoms with Gasteiger partial charge in [0.25, 0.3) is 0 Å². The molecule has 0 saturated carbocycles. The molecule has 0 amide bonds. The van der Waals surface area contributed by atoms with E-state index in [0.717, 1.165) is 32.7 Å². The summed E-state index contributed by atoms with van der Waals surface area (Å²) in [6.45, 7) is 9.31. The Kier molecular flexibility index (Phi) is 5.89. The van der Waals surface area contributed by atoms with E-state index >= 15 is 0 Å². The van der Waals surface area contributed by atoms with Crippen LogP contribution in [0.4, 0.5) is 0 Å². The Balaban J connectivity index is 1.44. The Bertz CT molecular complexity index is 1130. The zero-order valence-corrected chi connectivity index (χ0v) is 18.4. The first-order valence-electron chi connectivity index (χ1n) is 9.97. The van der Waals surface area contributed by atoms with E-state index in [9.17, 15) is 0 Å². The molecule has 4 rings (SSSR count). The fraction of sp³-hybridized carbons (Fsp3) is 0.381. The lowest BCUT2D eigenvalue weighted by molar-refractivity contribution is 0.321. The Morgan fingerprint density at radius 3 is 2.80 bits per heavy atom. The maximum absolute atomic E-state index is 5.61. The van der Waals surface area contributed by atoms with Crippen LogP contribution in [0.25, 0.3) is 0 Å². The van der Waals surface area contributed by atoms with Gasteiger partial charge in [0.2, 0.25) is 5.88 Å². The molecule has 0 spiro atoms. The molecule has 4 heterocycles. The van der Waals surface area contributed by atoms with Crippen molar-refractivity contribution in [2.45, 2.75) is 46.7 Å². The zero-order chi connectivity index (χ0) is 21.1. The summed E-state index contributed by atoms with van der Waals surface area (Å²) in [6, 6.07) is 8.07. The molecule has 0 saturated heterocycles. The molecule has 0 radical (unpaired) electrons. The molecule has 0 aromatic carbocycles. The smallest absolute Gasteiger partial charge is 0.218 e. The molecule has 0 bridgehead atoms. The predicted octanol–water partition coefficient (Wildman–Crippen LogP) is 3.59. The molecule has 30 heavy (non-hydrogen) atoms. The van der Waals surface area contributed by atoms with Crippen LogP contribution in [0.3, 0.4) is 0 Å². The number of aromatic nitrogens is 7. The van der Waals surface area contributed by atoms with E-state index in [4.69, 9.17) is 4.74 Å². The van der Waals surface area contributed by atoms with E-state index in [1.807, 2.05) is 47.6 Å². The molecular formula is C21H25N7OS. The first-order chi connectivity index (χ1) is 14.5. The number of hydrogen-bond donors (Lipinski definition) is 0. The van der Waals surface area contributed by atoms with E-state index in [2.05, 4.69) is 45.3 Å². The van der Waals surface area contributed by atoms with Crippen molar-refractivity contribution < 1.29 is 4.74 Å². The van der Waals surface area contributed by atoms with Crippen molar-refractivity contribution in [1.82, 2.24) is 34.7 Å². The van der Waals surface area contributed by atoms with E-state index in [1.165, 1.54) is 0 Å². The van der Waals surface area contributed by atoms with Crippen LogP contribution in [-0.4, -0.2) is 41.3 Å². The highest BCUT2D eigenvalue weighted by molar-refractivity contribution is 7.11. The summed E-state index contributed by atoms with van der Waals surface area (Å²) in [7, 11) is 0. The molecule has 4 aromatic rings. The largest absolute Gasteiger partial charge is 0.478 e. The summed E-state index contributed by atoms with van der Waals surface area (Å²) in [5.74, 6) is 0.656. The molecule has 9 heteroatoms. The van der Waals surface area contributed by atoms with Crippen LogP contribution in [0.15, 0.2) is 36.7 Å². The minimum Gasteiger partial charge on any atom is -0.478 e. The number of aryl methyl sites for hydroxylation is 2. The van der Waals surface area contributed by atoms with E-state index < -0.39 is 0 Å². The van der Waals surface area contributed by atoms with Gasteiger partial charge in [-0.05, 0) is 45.9 Å². The fourth-order valence-electron chi connectivity index (χ4n) is 3.38. The third kappa shape index (κ3) is 4.40. The van der Waals surface area contributed by atoms with Gasteiger partial charge in [-0.2, -0.15) is 10.2 Å². The van der Waals surface area contributed by atoms with Gasteiger partial charge in [0, 0.05) is 30.1 Å². The van der Waals surface area contributed by atoms with Gasteiger partial charge in [0.1, 0.15) is 16.1 Å². The highest BCUT2D eigenvalue weighted by atomic mass is 32.1. The third-order valence-corrected chi connectivity index (χ3v) is 5.84. The minimum atomic E-state index is 0.0603. The highest BCUT2D eigenvalue weighted by Crippen LogP contribution is 2.24. The fourth-order valence-corrected chi connectivity index (χ4v) is 4.27. The topological polar surface area (TPSA) is 83.5 Å². The molecule has 4 aromatic heterocycles. The van der Waals surface area contributed by atoms with Crippen LogP contribution in [0.5, 0.6) is 5.88 Å². The Labute approximate surface area is 179 Å². The zero-order valence-electron chi connectivity index (χ0n) is 17.6. The summed E-state index contributed by atoms with van der Waals surface area (Å²) in [5, 5.41) is 19.9. The molecular weight excluding hydrogens is 398 g/mol. The first kappa shape index (κ1) is 20.2. The van der Waals surface area contributed by atoms with Crippen molar-refractivity contribution in [2.75, 3.05) is 6.61 Å². The SMILES string of the molecule is CCOc1ncccc1Cn1ccc(Cc2nnc(C(C)n3nc(C)cc3C)s2)n1. The molecule has 156 valence electrons. The monoisotopic (exact) mass is 423 g/mol. The van der Waals surface area contributed by atoms with Crippen LogP contribution in [0, 0.1) is 13.8 Å². The second kappa shape index (κ2) is 8.74. The minimum absolute atomic E-state index is 0.0603. The number of nitrogens with zero attached hydrogens (tertiary/aromatic N) is 7. The maximum Gasteiger partial charge on any atom is 0.218 e. The van der Waals surface area contributed by atoms with Gasteiger partial charge in [-0.25, -0.2) is 4.98 Å². The molecule has 0 aliphatic heterocycles. The van der Waals surface area contributed by atoms with Crippen molar-refractivity contribution in [3.63, 3.8) is 0 Å². The van der Waals surface area contributed by atoms with Crippen LogP contribution in [-0.2, 0) is 13.0 Å². The number of ether oxygens (including phenoxy) is 1. The van der Waals surface area contributed by atoms with Gasteiger partial charge < -0.3 is 4.74 Å². The van der Waals surface area contributed by atoms with Gasteiger partial charge in [0.05, 0.1) is 24.5 Å². The lowest BCUT2D eigenvalue weighted by Gasteiger charge is -2.10. The second-order valence-electron chi connectivity index (χ2n) is 7.16. The van der Waals surface area contributed by atoms with Gasteiger partial charge in [-0.1, -0.05) is 17.4 Å². The summed E-state index contributed by atoms with van der Waals surface area (Å²) < 4.78 is 9.50. The summed E-state index contributed by atoms with van der Waals surface area (Å²) in [6.07, 6.45) is 4.36. The van der Waals surface area contributed by atoms with Crippen LogP contribution in [0.2, 0.25) is 0 Å². The average Bonchev–Trinajstić information content (AvgIpc) is 3.44. The average molecular weight is 424 g/mol. The predicted molar refractivity (Wildman–Crippen MR) is 115 cm³/mol. The van der Waals surface area contributed by atoms with Crippen LogP contribution < -0.4 is 4.74 Å². The van der Waals surface area contributed by atoms with E-state index in [-0.39, 0.29) is 6.04 Å². The number of rotatable bonds is 8. The molecule has 1 atom stereocenters.